The molecule has 1 aliphatic heterocycles. The van der Waals surface area contributed by atoms with Crippen LogP contribution < -0.4 is 5.32 Å². The molecule has 2 fully saturated rings. The zero-order chi connectivity index (χ0) is 13.8. The van der Waals surface area contributed by atoms with Crippen molar-refractivity contribution in [2.75, 3.05) is 13.1 Å². The fraction of sp³-hybridized carbons (Fsp3) is 0.875. The van der Waals surface area contributed by atoms with Crippen LogP contribution in [0.5, 0.6) is 0 Å². The van der Waals surface area contributed by atoms with E-state index in [2.05, 4.69) is 17.4 Å². The van der Waals surface area contributed by atoms with Crippen LogP contribution >= 0.6 is 0 Å². The molecule has 2 aliphatic rings. The molecule has 1 aromatic heterocycles. The molecule has 1 atom stereocenters. The first-order chi connectivity index (χ1) is 9.84. The molecular formula is C16H27N3O. The molecule has 0 radical (unpaired) electrons. The molecular weight excluding hydrogens is 250 g/mol. The molecule has 1 unspecified atom stereocenters. The average Bonchev–Trinajstić information content (AvgIpc) is 3.08. The van der Waals surface area contributed by atoms with Crippen LogP contribution in [0, 0.1) is 0 Å². The molecule has 112 valence electrons. The zero-order valence-corrected chi connectivity index (χ0v) is 12.7. The van der Waals surface area contributed by atoms with E-state index in [0.29, 0.717) is 5.92 Å². The first kappa shape index (κ1) is 14.1. The monoisotopic (exact) mass is 277 g/mol. The second kappa shape index (κ2) is 6.25. The second-order valence-corrected chi connectivity index (χ2v) is 6.56. The lowest BCUT2D eigenvalue weighted by molar-refractivity contribution is 0.282. The normalized spacial score (nSPS) is 29.2. The smallest absolute Gasteiger partial charge is 0.234 e. The van der Waals surface area contributed by atoms with E-state index in [0.717, 1.165) is 37.6 Å². The summed E-state index contributed by atoms with van der Waals surface area (Å²) in [6.07, 6.45) is 11.4. The van der Waals surface area contributed by atoms with E-state index >= 15 is 0 Å². The summed E-state index contributed by atoms with van der Waals surface area (Å²) in [6.45, 7) is 4.28. The summed E-state index contributed by atoms with van der Waals surface area (Å²) in [4.78, 5) is 4.81. The molecule has 1 saturated carbocycles. The van der Waals surface area contributed by atoms with E-state index < -0.39 is 0 Å². The Bertz CT molecular complexity index is 415. The fourth-order valence-electron chi connectivity index (χ4n) is 3.71. The minimum atomic E-state index is 0.0901. The van der Waals surface area contributed by atoms with Gasteiger partial charge in [-0.15, -0.1) is 0 Å². The SMILES string of the molecule is CCC1(c2nc(C3CCCCCCC3)no2)CCNC1. The lowest BCUT2D eigenvalue weighted by Crippen LogP contribution is -2.28. The van der Waals surface area contributed by atoms with E-state index in [-0.39, 0.29) is 5.41 Å². The van der Waals surface area contributed by atoms with Crippen molar-refractivity contribution in [1.29, 1.82) is 0 Å². The predicted octanol–water partition coefficient (Wildman–Crippen LogP) is 3.54. The Hall–Kier alpha value is -0.900. The third-order valence-electron chi connectivity index (χ3n) is 5.29. The summed E-state index contributed by atoms with van der Waals surface area (Å²) in [5, 5.41) is 7.78. The van der Waals surface area contributed by atoms with Gasteiger partial charge in [0.15, 0.2) is 5.82 Å². The van der Waals surface area contributed by atoms with Crippen molar-refractivity contribution in [1.82, 2.24) is 15.5 Å². The van der Waals surface area contributed by atoms with Gasteiger partial charge in [-0.25, -0.2) is 0 Å². The van der Waals surface area contributed by atoms with E-state index in [1.54, 1.807) is 0 Å². The number of hydrogen-bond donors (Lipinski definition) is 1. The topological polar surface area (TPSA) is 51.0 Å². The van der Waals surface area contributed by atoms with Crippen LogP contribution in [0.1, 0.15) is 82.3 Å². The summed E-state index contributed by atoms with van der Waals surface area (Å²) in [5.41, 5.74) is 0.0901. The number of nitrogens with zero attached hydrogens (tertiary/aromatic N) is 2. The molecule has 1 aliphatic carbocycles. The van der Waals surface area contributed by atoms with Crippen LogP contribution in [-0.2, 0) is 5.41 Å². The van der Waals surface area contributed by atoms with Crippen LogP contribution in [0.4, 0.5) is 0 Å². The average molecular weight is 277 g/mol. The Labute approximate surface area is 121 Å². The Morgan fingerprint density at radius 3 is 2.60 bits per heavy atom. The third kappa shape index (κ3) is 2.76. The molecule has 4 nitrogen and oxygen atoms in total. The van der Waals surface area contributed by atoms with E-state index in [1.807, 2.05) is 0 Å². The highest BCUT2D eigenvalue weighted by Gasteiger charge is 2.39. The lowest BCUT2D eigenvalue weighted by atomic mass is 9.84. The van der Waals surface area contributed by atoms with Gasteiger partial charge in [-0.3, -0.25) is 0 Å². The number of hydrogen-bond acceptors (Lipinski definition) is 4. The summed E-state index contributed by atoms with van der Waals surface area (Å²) in [7, 11) is 0. The van der Waals surface area contributed by atoms with Crippen LogP contribution in [0.3, 0.4) is 0 Å². The predicted molar refractivity (Wildman–Crippen MR) is 78.8 cm³/mol. The van der Waals surface area contributed by atoms with Crippen molar-refractivity contribution in [3.8, 4) is 0 Å². The lowest BCUT2D eigenvalue weighted by Gasteiger charge is -2.21. The minimum absolute atomic E-state index is 0.0901. The van der Waals surface area contributed by atoms with Gasteiger partial charge in [0.2, 0.25) is 5.89 Å². The van der Waals surface area contributed by atoms with Gasteiger partial charge in [0.05, 0.1) is 5.41 Å². The Balaban J connectivity index is 1.75. The molecule has 0 aromatic carbocycles. The molecule has 20 heavy (non-hydrogen) atoms. The molecule has 0 bridgehead atoms. The van der Waals surface area contributed by atoms with Gasteiger partial charge in [-0.05, 0) is 32.2 Å². The Morgan fingerprint density at radius 2 is 1.95 bits per heavy atom. The molecule has 4 heteroatoms. The van der Waals surface area contributed by atoms with Crippen molar-refractivity contribution < 1.29 is 4.52 Å². The van der Waals surface area contributed by atoms with Crippen LogP contribution in [0.25, 0.3) is 0 Å². The Morgan fingerprint density at radius 1 is 1.20 bits per heavy atom. The largest absolute Gasteiger partial charge is 0.339 e. The van der Waals surface area contributed by atoms with E-state index in [9.17, 15) is 0 Å². The zero-order valence-electron chi connectivity index (χ0n) is 12.7. The van der Waals surface area contributed by atoms with Gasteiger partial charge in [0.1, 0.15) is 0 Å². The van der Waals surface area contributed by atoms with Crippen molar-refractivity contribution in [3.05, 3.63) is 11.7 Å². The number of rotatable bonds is 3. The van der Waals surface area contributed by atoms with E-state index in [1.165, 1.54) is 44.9 Å². The van der Waals surface area contributed by atoms with Gasteiger partial charge in [-0.2, -0.15) is 4.98 Å². The van der Waals surface area contributed by atoms with Crippen molar-refractivity contribution in [2.24, 2.45) is 0 Å². The first-order valence-electron chi connectivity index (χ1n) is 8.39. The first-order valence-corrected chi connectivity index (χ1v) is 8.39. The minimum Gasteiger partial charge on any atom is -0.339 e. The van der Waals surface area contributed by atoms with Gasteiger partial charge in [0.25, 0.3) is 0 Å². The van der Waals surface area contributed by atoms with E-state index in [4.69, 9.17) is 9.51 Å². The number of aromatic nitrogens is 2. The highest BCUT2D eigenvalue weighted by Crippen LogP contribution is 2.35. The Kier molecular flexibility index (Phi) is 4.39. The molecule has 0 spiro atoms. The van der Waals surface area contributed by atoms with Crippen LogP contribution in [-0.4, -0.2) is 23.2 Å². The quantitative estimate of drug-likeness (QED) is 0.918. The maximum absolute atomic E-state index is 5.67. The highest BCUT2D eigenvalue weighted by atomic mass is 16.5. The molecule has 1 aromatic rings. The molecule has 3 rings (SSSR count). The van der Waals surface area contributed by atoms with Crippen molar-refractivity contribution in [3.63, 3.8) is 0 Å². The third-order valence-corrected chi connectivity index (χ3v) is 5.29. The standard InChI is InChI=1S/C16H27N3O/c1-2-16(10-11-17-12-16)15-18-14(19-20-15)13-8-6-4-3-5-7-9-13/h13,17H,2-12H2,1H3. The van der Waals surface area contributed by atoms with Crippen LogP contribution in [0.15, 0.2) is 4.52 Å². The summed E-state index contributed by atoms with van der Waals surface area (Å²) in [6, 6.07) is 0. The molecule has 0 amide bonds. The van der Waals surface area contributed by atoms with Gasteiger partial charge in [-0.1, -0.05) is 44.2 Å². The molecule has 2 heterocycles. The molecule has 1 saturated heterocycles. The maximum Gasteiger partial charge on any atom is 0.234 e. The van der Waals surface area contributed by atoms with Gasteiger partial charge >= 0.3 is 0 Å². The summed E-state index contributed by atoms with van der Waals surface area (Å²) < 4.78 is 5.67. The fourth-order valence-corrected chi connectivity index (χ4v) is 3.71. The second-order valence-electron chi connectivity index (χ2n) is 6.56. The van der Waals surface area contributed by atoms with Crippen molar-refractivity contribution in [2.45, 2.75) is 76.0 Å². The van der Waals surface area contributed by atoms with Gasteiger partial charge < -0.3 is 9.84 Å². The maximum atomic E-state index is 5.67. The number of nitrogens with one attached hydrogen (secondary N) is 1. The van der Waals surface area contributed by atoms with Crippen molar-refractivity contribution >= 4 is 0 Å². The summed E-state index contributed by atoms with van der Waals surface area (Å²) in [5.74, 6) is 2.37. The van der Waals surface area contributed by atoms with Crippen LogP contribution in [0.2, 0.25) is 0 Å². The highest BCUT2D eigenvalue weighted by molar-refractivity contribution is 5.11. The molecule has 1 N–H and O–H groups in total. The summed E-state index contributed by atoms with van der Waals surface area (Å²) >= 11 is 0. The van der Waals surface area contributed by atoms with Gasteiger partial charge in [0, 0.05) is 12.5 Å².